The number of hydrogen-bond acceptors (Lipinski definition) is 5. The van der Waals surface area contributed by atoms with Crippen LogP contribution in [0, 0.1) is 0 Å². The number of rotatable bonds is 5. The summed E-state index contributed by atoms with van der Waals surface area (Å²) in [5, 5.41) is 5.25. The number of thiazole rings is 1. The molecule has 0 saturated carbocycles. The van der Waals surface area contributed by atoms with E-state index in [2.05, 4.69) is 46.7 Å². The van der Waals surface area contributed by atoms with Gasteiger partial charge in [0.1, 0.15) is 5.01 Å². The zero-order chi connectivity index (χ0) is 13.1. The zero-order valence-electron chi connectivity index (χ0n) is 11.0. The van der Waals surface area contributed by atoms with Gasteiger partial charge in [0.25, 0.3) is 0 Å². The minimum Gasteiger partial charge on any atom is -0.322 e. The maximum Gasteiger partial charge on any atom is 0.109 e. The lowest BCUT2D eigenvalue weighted by atomic mass is 10.2. The topological polar surface area (TPSA) is 42.1 Å². The van der Waals surface area contributed by atoms with E-state index in [0.717, 1.165) is 17.2 Å². The van der Waals surface area contributed by atoms with E-state index in [1.165, 1.54) is 4.88 Å². The van der Waals surface area contributed by atoms with Gasteiger partial charge in [-0.15, -0.1) is 22.7 Å². The molecule has 0 aliphatic heterocycles. The molecule has 3 nitrogen and oxygen atoms in total. The second-order valence-corrected chi connectivity index (χ2v) is 6.44. The van der Waals surface area contributed by atoms with E-state index in [1.54, 1.807) is 22.7 Å². The Morgan fingerprint density at radius 2 is 2.17 bits per heavy atom. The summed E-state index contributed by atoms with van der Waals surface area (Å²) in [6.07, 6.45) is 0. The molecule has 2 unspecified atom stereocenters. The number of hydrogen-bond donors (Lipinski definition) is 1. The molecule has 0 bridgehead atoms. The van der Waals surface area contributed by atoms with Crippen molar-refractivity contribution in [2.75, 3.05) is 7.05 Å². The second kappa shape index (κ2) is 5.93. The van der Waals surface area contributed by atoms with Crippen LogP contribution >= 0.6 is 22.7 Å². The Morgan fingerprint density at radius 1 is 1.39 bits per heavy atom. The van der Waals surface area contributed by atoms with Gasteiger partial charge in [-0.05, 0) is 32.3 Å². The van der Waals surface area contributed by atoms with E-state index in [0.29, 0.717) is 6.04 Å². The molecular weight excluding hydrogens is 262 g/mol. The van der Waals surface area contributed by atoms with Crippen LogP contribution in [0.5, 0.6) is 0 Å². The van der Waals surface area contributed by atoms with Gasteiger partial charge < -0.3 is 5.73 Å². The van der Waals surface area contributed by atoms with Gasteiger partial charge in [-0.1, -0.05) is 6.07 Å². The molecule has 98 valence electrons. The van der Waals surface area contributed by atoms with Gasteiger partial charge in [-0.25, -0.2) is 4.98 Å². The molecule has 0 aliphatic carbocycles. The number of nitrogens with zero attached hydrogens (tertiary/aromatic N) is 2. The van der Waals surface area contributed by atoms with Crippen molar-refractivity contribution in [3.63, 3.8) is 0 Å². The minimum absolute atomic E-state index is 0.0313. The van der Waals surface area contributed by atoms with Gasteiger partial charge in [-0.3, -0.25) is 4.90 Å². The molecule has 18 heavy (non-hydrogen) atoms. The summed E-state index contributed by atoms with van der Waals surface area (Å²) in [5.74, 6) is 0. The highest BCUT2D eigenvalue weighted by Gasteiger charge is 2.14. The molecule has 0 fully saturated rings. The molecule has 0 spiro atoms. The highest BCUT2D eigenvalue weighted by atomic mass is 32.1. The van der Waals surface area contributed by atoms with E-state index >= 15 is 0 Å². The van der Waals surface area contributed by atoms with Crippen molar-refractivity contribution in [2.24, 2.45) is 5.73 Å². The minimum atomic E-state index is 0.0313. The third-order valence-electron chi connectivity index (χ3n) is 2.99. The normalized spacial score (nSPS) is 14.9. The first-order valence-corrected chi connectivity index (χ1v) is 7.77. The highest BCUT2D eigenvalue weighted by molar-refractivity contribution is 7.10. The van der Waals surface area contributed by atoms with Gasteiger partial charge >= 0.3 is 0 Å². The van der Waals surface area contributed by atoms with Crippen LogP contribution < -0.4 is 5.73 Å². The summed E-state index contributed by atoms with van der Waals surface area (Å²) in [6, 6.07) is 4.73. The largest absolute Gasteiger partial charge is 0.322 e. The maximum atomic E-state index is 5.83. The quantitative estimate of drug-likeness (QED) is 0.913. The van der Waals surface area contributed by atoms with Gasteiger partial charge in [0.2, 0.25) is 0 Å². The van der Waals surface area contributed by atoms with Crippen molar-refractivity contribution in [3.8, 4) is 0 Å². The summed E-state index contributed by atoms with van der Waals surface area (Å²) in [6.45, 7) is 5.06. The van der Waals surface area contributed by atoms with Gasteiger partial charge in [0, 0.05) is 22.8 Å². The molecule has 0 radical (unpaired) electrons. The molecule has 5 heteroatoms. The first-order chi connectivity index (χ1) is 8.58. The van der Waals surface area contributed by atoms with Gasteiger partial charge in [0.15, 0.2) is 0 Å². The zero-order valence-corrected chi connectivity index (χ0v) is 12.6. The van der Waals surface area contributed by atoms with Crippen molar-refractivity contribution in [1.29, 1.82) is 0 Å². The standard InChI is InChI=1S/C13H19N3S2/c1-9(14)13-15-11(8-18-13)7-16(3)10(2)12-5-4-6-17-12/h4-6,8-10H,7,14H2,1-3H3. The molecule has 2 heterocycles. The van der Waals surface area contributed by atoms with Crippen LogP contribution in [0.2, 0.25) is 0 Å². The Kier molecular flexibility index (Phi) is 4.50. The molecule has 2 aromatic heterocycles. The molecule has 0 aromatic carbocycles. The third kappa shape index (κ3) is 3.17. The average Bonchev–Trinajstić information content (AvgIpc) is 2.98. The monoisotopic (exact) mass is 281 g/mol. The Labute approximate surface area is 116 Å². The summed E-state index contributed by atoms with van der Waals surface area (Å²) < 4.78 is 0. The molecule has 0 amide bonds. The Bertz CT molecular complexity index is 476. The van der Waals surface area contributed by atoms with Crippen molar-refractivity contribution < 1.29 is 0 Å². The predicted molar refractivity (Wildman–Crippen MR) is 78.9 cm³/mol. The van der Waals surface area contributed by atoms with E-state index in [-0.39, 0.29) is 6.04 Å². The third-order valence-corrected chi connectivity index (χ3v) is 5.12. The van der Waals surface area contributed by atoms with E-state index in [9.17, 15) is 0 Å². The molecule has 2 rings (SSSR count). The van der Waals surface area contributed by atoms with Crippen LogP contribution in [0.4, 0.5) is 0 Å². The number of thiophene rings is 1. The molecule has 2 aromatic rings. The first-order valence-electron chi connectivity index (χ1n) is 6.01. The van der Waals surface area contributed by atoms with Gasteiger partial charge in [-0.2, -0.15) is 0 Å². The summed E-state index contributed by atoms with van der Waals surface area (Å²) in [7, 11) is 2.13. The SMILES string of the molecule is CC(N)c1nc(CN(C)C(C)c2cccs2)cs1. The maximum absolute atomic E-state index is 5.83. The summed E-state index contributed by atoms with van der Waals surface area (Å²) >= 11 is 3.45. The van der Waals surface area contributed by atoms with E-state index in [4.69, 9.17) is 5.73 Å². The fourth-order valence-corrected chi connectivity index (χ4v) is 3.36. The van der Waals surface area contributed by atoms with E-state index < -0.39 is 0 Å². The number of nitrogens with two attached hydrogens (primary N) is 1. The summed E-state index contributed by atoms with van der Waals surface area (Å²) in [5.41, 5.74) is 6.94. The van der Waals surface area contributed by atoms with Gasteiger partial charge in [0.05, 0.1) is 11.7 Å². The lowest BCUT2D eigenvalue weighted by molar-refractivity contribution is 0.254. The van der Waals surface area contributed by atoms with Crippen LogP contribution in [-0.4, -0.2) is 16.9 Å². The molecule has 2 N–H and O–H groups in total. The fraction of sp³-hybridized carbons (Fsp3) is 0.462. The van der Waals surface area contributed by atoms with E-state index in [1.807, 2.05) is 6.92 Å². The number of aromatic nitrogens is 1. The van der Waals surface area contributed by atoms with Crippen LogP contribution in [0.3, 0.4) is 0 Å². The molecular formula is C13H19N3S2. The molecule has 0 aliphatic rings. The van der Waals surface area contributed by atoms with Crippen molar-refractivity contribution in [3.05, 3.63) is 38.5 Å². The second-order valence-electron chi connectivity index (χ2n) is 4.57. The highest BCUT2D eigenvalue weighted by Crippen LogP contribution is 2.25. The smallest absolute Gasteiger partial charge is 0.109 e. The summed E-state index contributed by atoms with van der Waals surface area (Å²) in [4.78, 5) is 8.27. The molecule has 0 saturated heterocycles. The fourth-order valence-electron chi connectivity index (χ4n) is 1.74. The van der Waals surface area contributed by atoms with Crippen LogP contribution in [0.25, 0.3) is 0 Å². The lowest BCUT2D eigenvalue weighted by Crippen LogP contribution is -2.21. The Balaban J connectivity index is 2.00. The molecule has 2 atom stereocenters. The van der Waals surface area contributed by atoms with Crippen molar-refractivity contribution in [1.82, 2.24) is 9.88 Å². The lowest BCUT2D eigenvalue weighted by Gasteiger charge is -2.22. The Morgan fingerprint density at radius 3 is 2.72 bits per heavy atom. The van der Waals surface area contributed by atoms with Crippen LogP contribution in [0.15, 0.2) is 22.9 Å². The van der Waals surface area contributed by atoms with Crippen LogP contribution in [0.1, 0.15) is 41.5 Å². The van der Waals surface area contributed by atoms with Crippen LogP contribution in [-0.2, 0) is 6.54 Å². The average molecular weight is 281 g/mol. The van der Waals surface area contributed by atoms with Crippen molar-refractivity contribution >= 4 is 22.7 Å². The van der Waals surface area contributed by atoms with Crippen molar-refractivity contribution in [2.45, 2.75) is 32.5 Å². The predicted octanol–water partition coefficient (Wildman–Crippen LogP) is 3.42. The Hall–Kier alpha value is -0.750. The first kappa shape index (κ1) is 13.7.